The molecule has 2 nitrogen and oxygen atoms in total. The van der Waals surface area contributed by atoms with Crippen molar-refractivity contribution < 1.29 is 9.84 Å². The number of hydrogen-bond donors (Lipinski definition) is 0. The van der Waals surface area contributed by atoms with Crippen molar-refractivity contribution in [2.45, 2.75) is 206 Å². The predicted molar refractivity (Wildman–Crippen MR) is 170 cm³/mol. The van der Waals surface area contributed by atoms with Crippen molar-refractivity contribution in [1.82, 2.24) is 0 Å². The van der Waals surface area contributed by atoms with Crippen LogP contribution in [0.3, 0.4) is 0 Å². The van der Waals surface area contributed by atoms with Crippen LogP contribution < -0.4 is 0 Å². The minimum atomic E-state index is -0.0947. The lowest BCUT2D eigenvalue weighted by atomic mass is 10.0. The molecule has 0 amide bonds. The lowest BCUT2D eigenvalue weighted by molar-refractivity contribution is 0.00216. The number of hydrogen-bond acceptors (Lipinski definition) is 1. The van der Waals surface area contributed by atoms with E-state index in [1.54, 1.807) is 0 Å². The zero-order chi connectivity index (χ0) is 27.6. The quantitative estimate of drug-likeness (QED) is 0.0606. The van der Waals surface area contributed by atoms with Gasteiger partial charge in [0.25, 0.3) is 0 Å². The van der Waals surface area contributed by atoms with Crippen LogP contribution in [0.5, 0.6) is 0 Å². The molecule has 0 saturated carbocycles. The van der Waals surface area contributed by atoms with Gasteiger partial charge in [-0.15, -0.1) is 0 Å². The van der Waals surface area contributed by atoms with Gasteiger partial charge in [-0.05, 0) is 38.5 Å². The standard InChI is InChI=1S/C36H71O2/c1-3-5-7-9-11-13-15-17-18-19-21-23-25-27-29-31-33-36(38-35-34-37)32-30-28-26-24-22-20-16-14-12-10-8-6-4-2/h17-18,36H,3-16,19-35H2,1-2H3/b18-17-. The van der Waals surface area contributed by atoms with Crippen molar-refractivity contribution in [3.05, 3.63) is 12.2 Å². The van der Waals surface area contributed by atoms with E-state index in [1.165, 1.54) is 173 Å². The molecule has 0 aliphatic heterocycles. The molecule has 0 fully saturated rings. The highest BCUT2D eigenvalue weighted by Crippen LogP contribution is 2.18. The number of rotatable bonds is 33. The monoisotopic (exact) mass is 536 g/mol. The summed E-state index contributed by atoms with van der Waals surface area (Å²) in [6, 6.07) is 0. The van der Waals surface area contributed by atoms with Gasteiger partial charge in [-0.1, -0.05) is 174 Å². The van der Waals surface area contributed by atoms with E-state index in [0.29, 0.717) is 12.7 Å². The van der Waals surface area contributed by atoms with E-state index in [1.807, 2.05) is 0 Å². The summed E-state index contributed by atoms with van der Waals surface area (Å²) in [6.07, 6.45) is 44.6. The van der Waals surface area contributed by atoms with Crippen molar-refractivity contribution >= 4 is 0 Å². The van der Waals surface area contributed by atoms with Crippen molar-refractivity contribution in [3.63, 3.8) is 0 Å². The van der Waals surface area contributed by atoms with Crippen molar-refractivity contribution in [2.24, 2.45) is 0 Å². The third-order valence-corrected chi connectivity index (χ3v) is 8.10. The van der Waals surface area contributed by atoms with Crippen molar-refractivity contribution in [1.29, 1.82) is 0 Å². The van der Waals surface area contributed by atoms with Gasteiger partial charge in [0, 0.05) is 0 Å². The Morgan fingerprint density at radius 1 is 0.447 bits per heavy atom. The van der Waals surface area contributed by atoms with Crippen molar-refractivity contribution in [2.75, 3.05) is 13.2 Å². The molecule has 0 aromatic heterocycles. The van der Waals surface area contributed by atoms with Gasteiger partial charge in [0.2, 0.25) is 0 Å². The van der Waals surface area contributed by atoms with E-state index in [2.05, 4.69) is 26.0 Å². The molecule has 1 radical (unpaired) electrons. The number of ether oxygens (including phenoxy) is 1. The highest BCUT2D eigenvalue weighted by Gasteiger charge is 2.09. The fraction of sp³-hybridized carbons (Fsp3) is 0.944. The Labute approximate surface area is 241 Å². The molecule has 1 unspecified atom stereocenters. The maximum absolute atomic E-state index is 10.9. The van der Waals surface area contributed by atoms with E-state index in [4.69, 9.17) is 4.74 Å². The first-order valence-electron chi connectivity index (χ1n) is 17.7. The number of allylic oxidation sites excluding steroid dienone is 2. The molecule has 0 spiro atoms. The minimum absolute atomic E-state index is 0.0947. The largest absolute Gasteiger partial charge is 0.376 e. The summed E-state index contributed by atoms with van der Waals surface area (Å²) in [5.74, 6) is 0. The summed E-state index contributed by atoms with van der Waals surface area (Å²) in [6.45, 7) is 4.88. The highest BCUT2D eigenvalue weighted by atomic mass is 16.5. The Morgan fingerprint density at radius 2 is 0.763 bits per heavy atom. The molecule has 0 aromatic rings. The molecule has 2 heteroatoms. The van der Waals surface area contributed by atoms with Gasteiger partial charge in [-0.2, -0.15) is 0 Å². The van der Waals surface area contributed by atoms with Crippen LogP contribution in [0.15, 0.2) is 12.2 Å². The van der Waals surface area contributed by atoms with Crippen LogP contribution in [0.1, 0.15) is 200 Å². The first kappa shape index (κ1) is 37.7. The second kappa shape index (κ2) is 34.7. The van der Waals surface area contributed by atoms with Gasteiger partial charge >= 0.3 is 0 Å². The van der Waals surface area contributed by atoms with E-state index >= 15 is 0 Å². The number of unbranched alkanes of at least 4 members (excludes halogenated alkanes) is 24. The van der Waals surface area contributed by atoms with Gasteiger partial charge in [0.1, 0.15) is 6.61 Å². The third-order valence-electron chi connectivity index (χ3n) is 8.10. The average molecular weight is 536 g/mol. The third kappa shape index (κ3) is 31.9. The summed E-state index contributed by atoms with van der Waals surface area (Å²) >= 11 is 0. The minimum Gasteiger partial charge on any atom is -0.376 e. The maximum Gasteiger partial charge on any atom is 0.106 e. The van der Waals surface area contributed by atoms with Crippen LogP contribution >= 0.6 is 0 Å². The Kier molecular flexibility index (Phi) is 34.4. The van der Waals surface area contributed by atoms with Gasteiger partial charge < -0.3 is 4.74 Å². The van der Waals surface area contributed by atoms with Gasteiger partial charge in [0.15, 0.2) is 0 Å². The Balaban J connectivity index is 3.51. The zero-order valence-electron chi connectivity index (χ0n) is 26.5. The zero-order valence-corrected chi connectivity index (χ0v) is 26.5. The molecule has 0 bridgehead atoms. The topological polar surface area (TPSA) is 29.1 Å². The van der Waals surface area contributed by atoms with Crippen LogP contribution in [0.25, 0.3) is 0 Å². The van der Waals surface area contributed by atoms with Crippen LogP contribution in [-0.4, -0.2) is 19.3 Å². The summed E-state index contributed by atoms with van der Waals surface area (Å²) in [4.78, 5) is 0. The smallest absolute Gasteiger partial charge is 0.106 e. The molecule has 38 heavy (non-hydrogen) atoms. The molecule has 0 N–H and O–H groups in total. The van der Waals surface area contributed by atoms with Gasteiger partial charge in [-0.25, -0.2) is 5.11 Å². The highest BCUT2D eigenvalue weighted by molar-refractivity contribution is 4.81. The molecule has 0 heterocycles. The molecule has 0 aliphatic rings. The van der Waals surface area contributed by atoms with Gasteiger partial charge in [0.05, 0.1) is 12.7 Å². The lowest BCUT2D eigenvalue weighted by Crippen LogP contribution is -2.15. The van der Waals surface area contributed by atoms with E-state index in [0.717, 1.165) is 12.8 Å². The first-order valence-corrected chi connectivity index (χ1v) is 17.7. The van der Waals surface area contributed by atoms with Crippen LogP contribution in [0.4, 0.5) is 0 Å². The summed E-state index contributed by atoms with van der Waals surface area (Å²) in [7, 11) is 0. The molecule has 1 atom stereocenters. The molecule has 227 valence electrons. The predicted octanol–water partition coefficient (Wildman–Crippen LogP) is 12.7. The normalized spacial score (nSPS) is 12.6. The summed E-state index contributed by atoms with van der Waals surface area (Å²) in [5.41, 5.74) is 0. The molecule has 0 rings (SSSR count). The Bertz CT molecular complexity index is 433. The average Bonchev–Trinajstić information content (AvgIpc) is 2.93. The molecule has 0 aromatic carbocycles. The first-order chi connectivity index (χ1) is 18.8. The Morgan fingerprint density at radius 3 is 1.11 bits per heavy atom. The fourth-order valence-electron chi connectivity index (χ4n) is 5.54. The van der Waals surface area contributed by atoms with Crippen LogP contribution in [0, 0.1) is 0 Å². The van der Waals surface area contributed by atoms with Crippen LogP contribution in [-0.2, 0) is 9.84 Å². The van der Waals surface area contributed by atoms with Crippen molar-refractivity contribution in [3.8, 4) is 0 Å². The van der Waals surface area contributed by atoms with E-state index in [9.17, 15) is 5.11 Å². The molecule has 0 saturated heterocycles. The summed E-state index contributed by atoms with van der Waals surface area (Å²) < 4.78 is 5.90. The SMILES string of the molecule is CCCCCCCC/C=C\CCCCCCCCC(CCCCCCCCCCCCCCC)OCC[O]. The second-order valence-corrected chi connectivity index (χ2v) is 12.0. The Hall–Kier alpha value is -0.340. The maximum atomic E-state index is 10.9. The molecular formula is C36H71O2. The van der Waals surface area contributed by atoms with Crippen LogP contribution in [0.2, 0.25) is 0 Å². The van der Waals surface area contributed by atoms with E-state index < -0.39 is 0 Å². The molecular weight excluding hydrogens is 464 g/mol. The lowest BCUT2D eigenvalue weighted by Gasteiger charge is -2.17. The fourth-order valence-corrected chi connectivity index (χ4v) is 5.54. The molecule has 0 aliphatic carbocycles. The van der Waals surface area contributed by atoms with E-state index in [-0.39, 0.29) is 6.61 Å². The summed E-state index contributed by atoms with van der Waals surface area (Å²) in [5, 5.41) is 10.9. The second-order valence-electron chi connectivity index (χ2n) is 12.0. The van der Waals surface area contributed by atoms with Gasteiger partial charge in [-0.3, -0.25) is 0 Å².